The number of hydrogen-bond donors (Lipinski definition) is 1. The summed E-state index contributed by atoms with van der Waals surface area (Å²) in [5, 5.41) is 10.4. The van der Waals surface area contributed by atoms with E-state index in [1.165, 1.54) is 6.07 Å². The third kappa shape index (κ3) is 4.13. The van der Waals surface area contributed by atoms with E-state index in [1.54, 1.807) is 19.2 Å². The highest BCUT2D eigenvalue weighted by molar-refractivity contribution is 5.96. The van der Waals surface area contributed by atoms with Crippen LogP contribution >= 0.6 is 0 Å². The van der Waals surface area contributed by atoms with Crippen molar-refractivity contribution in [2.75, 3.05) is 6.61 Å². The first-order valence-corrected chi connectivity index (χ1v) is 9.61. The number of benzene rings is 3. The van der Waals surface area contributed by atoms with Crippen molar-refractivity contribution in [1.82, 2.24) is 4.98 Å². The van der Waals surface area contributed by atoms with Gasteiger partial charge < -0.3 is 9.84 Å². The molecule has 0 saturated carbocycles. The number of aromatic nitrogens is 1. The number of rotatable bonds is 6. The second-order valence-corrected chi connectivity index (χ2v) is 7.05. The average Bonchev–Trinajstić information content (AvgIpc) is 2.75. The van der Waals surface area contributed by atoms with Gasteiger partial charge in [0, 0.05) is 24.3 Å². The van der Waals surface area contributed by atoms with Crippen LogP contribution in [-0.4, -0.2) is 16.7 Å². The van der Waals surface area contributed by atoms with Crippen LogP contribution in [0.3, 0.4) is 0 Å². The quantitative estimate of drug-likeness (QED) is 0.477. The molecule has 0 bridgehead atoms. The molecule has 1 heterocycles. The van der Waals surface area contributed by atoms with Gasteiger partial charge in [0.15, 0.2) is 0 Å². The predicted molar refractivity (Wildman–Crippen MR) is 113 cm³/mol. The summed E-state index contributed by atoms with van der Waals surface area (Å²) < 4.78 is 19.7. The van der Waals surface area contributed by atoms with Gasteiger partial charge in [-0.2, -0.15) is 0 Å². The lowest BCUT2D eigenvalue weighted by Gasteiger charge is -2.14. The lowest BCUT2D eigenvalue weighted by molar-refractivity contribution is 0.299. The van der Waals surface area contributed by atoms with Crippen LogP contribution in [-0.2, 0) is 13.0 Å². The Hall–Kier alpha value is -3.24. The molecule has 0 aliphatic heterocycles. The van der Waals surface area contributed by atoms with Gasteiger partial charge in [-0.15, -0.1) is 0 Å². The molecular formula is C25H22FNO2. The molecule has 0 aliphatic rings. The van der Waals surface area contributed by atoms with Crippen LogP contribution in [0.4, 0.5) is 4.39 Å². The summed E-state index contributed by atoms with van der Waals surface area (Å²) >= 11 is 0. The fourth-order valence-corrected chi connectivity index (χ4v) is 3.50. The zero-order chi connectivity index (χ0) is 20.2. The minimum Gasteiger partial charge on any atom is -0.489 e. The van der Waals surface area contributed by atoms with Crippen molar-refractivity contribution >= 4 is 10.9 Å². The molecule has 3 aromatic carbocycles. The van der Waals surface area contributed by atoms with Gasteiger partial charge in [-0.05, 0) is 65.4 Å². The molecule has 0 spiro atoms. The maximum Gasteiger partial charge on any atom is 0.126 e. The SMILES string of the molecule is Cc1cc(-c2c(CCO)cnc3cc(OCc4ccccc4)ccc23)ccc1F. The normalized spacial score (nSPS) is 11.0. The van der Waals surface area contributed by atoms with E-state index in [0.717, 1.165) is 38.9 Å². The van der Waals surface area contributed by atoms with Crippen LogP contribution in [0.15, 0.2) is 72.9 Å². The van der Waals surface area contributed by atoms with E-state index in [2.05, 4.69) is 4.98 Å². The van der Waals surface area contributed by atoms with Gasteiger partial charge in [0.1, 0.15) is 18.2 Å². The Balaban J connectivity index is 1.74. The molecule has 4 rings (SSSR count). The van der Waals surface area contributed by atoms with Crippen molar-refractivity contribution in [1.29, 1.82) is 0 Å². The van der Waals surface area contributed by atoms with Crippen LogP contribution in [0.1, 0.15) is 16.7 Å². The third-order valence-corrected chi connectivity index (χ3v) is 5.00. The van der Waals surface area contributed by atoms with Crippen molar-refractivity contribution in [2.45, 2.75) is 20.0 Å². The van der Waals surface area contributed by atoms with E-state index < -0.39 is 0 Å². The number of fused-ring (bicyclic) bond motifs is 1. The van der Waals surface area contributed by atoms with E-state index in [9.17, 15) is 9.50 Å². The average molecular weight is 387 g/mol. The number of aliphatic hydroxyl groups is 1. The number of aliphatic hydroxyl groups excluding tert-OH is 1. The summed E-state index contributed by atoms with van der Waals surface area (Å²) in [7, 11) is 0. The molecule has 146 valence electrons. The number of pyridine rings is 1. The Morgan fingerprint density at radius 2 is 1.83 bits per heavy atom. The zero-order valence-corrected chi connectivity index (χ0v) is 16.2. The fourth-order valence-electron chi connectivity index (χ4n) is 3.50. The molecule has 0 radical (unpaired) electrons. The molecular weight excluding hydrogens is 365 g/mol. The maximum atomic E-state index is 13.8. The molecule has 0 atom stereocenters. The van der Waals surface area contributed by atoms with Gasteiger partial charge in [0.05, 0.1) is 5.52 Å². The Morgan fingerprint density at radius 3 is 2.59 bits per heavy atom. The van der Waals surface area contributed by atoms with Crippen molar-refractivity contribution < 1.29 is 14.2 Å². The molecule has 1 N–H and O–H groups in total. The molecule has 0 amide bonds. The lowest BCUT2D eigenvalue weighted by atomic mass is 9.94. The Labute approximate surface area is 169 Å². The number of ether oxygens (including phenoxy) is 1. The van der Waals surface area contributed by atoms with Crippen LogP contribution in [0.2, 0.25) is 0 Å². The fraction of sp³-hybridized carbons (Fsp3) is 0.160. The molecule has 4 aromatic rings. The highest BCUT2D eigenvalue weighted by atomic mass is 19.1. The number of hydrogen-bond acceptors (Lipinski definition) is 3. The third-order valence-electron chi connectivity index (χ3n) is 5.00. The number of aryl methyl sites for hydroxylation is 1. The van der Waals surface area contributed by atoms with Crippen LogP contribution < -0.4 is 4.74 Å². The molecule has 29 heavy (non-hydrogen) atoms. The van der Waals surface area contributed by atoms with Gasteiger partial charge in [-0.1, -0.05) is 36.4 Å². The van der Waals surface area contributed by atoms with Crippen molar-refractivity contribution in [2.24, 2.45) is 0 Å². The smallest absolute Gasteiger partial charge is 0.126 e. The Morgan fingerprint density at radius 1 is 1.00 bits per heavy atom. The van der Waals surface area contributed by atoms with Crippen LogP contribution in [0.25, 0.3) is 22.0 Å². The number of nitrogens with zero attached hydrogens (tertiary/aromatic N) is 1. The van der Waals surface area contributed by atoms with Gasteiger partial charge in [0.2, 0.25) is 0 Å². The predicted octanol–water partition coefficient (Wildman–Crippen LogP) is 5.46. The molecule has 3 nitrogen and oxygen atoms in total. The maximum absolute atomic E-state index is 13.8. The molecule has 1 aromatic heterocycles. The largest absolute Gasteiger partial charge is 0.489 e. The second kappa shape index (κ2) is 8.41. The first kappa shape index (κ1) is 19.1. The standard InChI is InChI=1S/C25H22FNO2/c1-17-13-19(7-10-23(17)26)25-20(11-12-28)15-27-24-14-21(8-9-22(24)25)29-16-18-5-3-2-4-6-18/h2-10,13-15,28H,11-12,16H2,1H3. The number of halogens is 1. The van der Waals surface area contributed by atoms with E-state index in [4.69, 9.17) is 4.74 Å². The minimum absolute atomic E-state index is 0.0264. The summed E-state index contributed by atoms with van der Waals surface area (Å²) in [6.45, 7) is 2.26. The van der Waals surface area contributed by atoms with Gasteiger partial charge >= 0.3 is 0 Å². The minimum atomic E-state index is -0.229. The van der Waals surface area contributed by atoms with Crippen LogP contribution in [0, 0.1) is 12.7 Å². The summed E-state index contributed by atoms with van der Waals surface area (Å²) in [6.07, 6.45) is 2.27. The van der Waals surface area contributed by atoms with Gasteiger partial charge in [-0.25, -0.2) is 4.39 Å². The highest BCUT2D eigenvalue weighted by Crippen LogP contribution is 2.34. The monoisotopic (exact) mass is 387 g/mol. The summed E-state index contributed by atoms with van der Waals surface area (Å²) in [5.74, 6) is 0.511. The molecule has 0 aliphatic carbocycles. The second-order valence-electron chi connectivity index (χ2n) is 7.05. The Kier molecular flexibility index (Phi) is 5.54. The van der Waals surface area contributed by atoms with E-state index in [0.29, 0.717) is 18.6 Å². The molecule has 0 unspecified atom stereocenters. The van der Waals surface area contributed by atoms with Gasteiger partial charge in [0.25, 0.3) is 0 Å². The zero-order valence-electron chi connectivity index (χ0n) is 16.2. The lowest BCUT2D eigenvalue weighted by Crippen LogP contribution is -1.99. The highest BCUT2D eigenvalue weighted by Gasteiger charge is 2.13. The summed E-state index contributed by atoms with van der Waals surface area (Å²) in [4.78, 5) is 4.58. The van der Waals surface area contributed by atoms with Gasteiger partial charge in [-0.3, -0.25) is 4.98 Å². The summed E-state index contributed by atoms with van der Waals surface area (Å²) in [6, 6.07) is 20.9. The van der Waals surface area contributed by atoms with Crippen molar-refractivity contribution in [3.8, 4) is 16.9 Å². The van der Waals surface area contributed by atoms with Crippen LogP contribution in [0.5, 0.6) is 5.75 Å². The molecule has 0 saturated heterocycles. The van der Waals surface area contributed by atoms with E-state index in [1.807, 2.05) is 54.6 Å². The Bertz CT molecular complexity index is 1140. The first-order valence-electron chi connectivity index (χ1n) is 9.61. The van der Waals surface area contributed by atoms with E-state index >= 15 is 0 Å². The topological polar surface area (TPSA) is 42.4 Å². The molecule has 0 fully saturated rings. The van der Waals surface area contributed by atoms with Crippen molar-refractivity contribution in [3.63, 3.8) is 0 Å². The van der Waals surface area contributed by atoms with E-state index in [-0.39, 0.29) is 12.4 Å². The first-order chi connectivity index (χ1) is 14.2. The summed E-state index contributed by atoms with van der Waals surface area (Å²) in [5.41, 5.74) is 5.31. The molecule has 4 heteroatoms. The van der Waals surface area contributed by atoms with Crippen molar-refractivity contribution in [3.05, 3.63) is 95.4 Å².